The van der Waals surface area contributed by atoms with Crippen LogP contribution in [0.5, 0.6) is 5.75 Å². The number of likely N-dealkylation sites (N-methyl/N-ethyl adjacent to an activating group) is 1. The van der Waals surface area contributed by atoms with Gasteiger partial charge in [0.2, 0.25) is 0 Å². The van der Waals surface area contributed by atoms with E-state index in [0.717, 1.165) is 11.3 Å². The van der Waals surface area contributed by atoms with E-state index in [2.05, 4.69) is 4.98 Å². The second-order valence-corrected chi connectivity index (χ2v) is 6.09. The number of carbonyl (C=O) groups is 1. The summed E-state index contributed by atoms with van der Waals surface area (Å²) in [5, 5.41) is 11.1. The van der Waals surface area contributed by atoms with Crippen molar-refractivity contribution in [2.45, 2.75) is 6.04 Å². The Labute approximate surface area is 162 Å². The van der Waals surface area contributed by atoms with Gasteiger partial charge in [0.05, 0.1) is 16.7 Å². The highest BCUT2D eigenvalue weighted by molar-refractivity contribution is 5.78. The smallest absolute Gasteiger partial charge is 0.310 e. The van der Waals surface area contributed by atoms with Gasteiger partial charge in [-0.15, -0.1) is 0 Å². The first kappa shape index (κ1) is 19.0. The van der Waals surface area contributed by atoms with Crippen LogP contribution in [0.25, 0.3) is 0 Å². The monoisotopic (exact) mass is 377 g/mol. The van der Waals surface area contributed by atoms with E-state index < -0.39 is 11.0 Å². The third kappa shape index (κ3) is 4.32. The molecule has 3 rings (SSSR count). The molecule has 0 N–H and O–H groups in total. The fraction of sp³-hybridized carbons (Fsp3) is 0.143. The number of hydrogen-bond donors (Lipinski definition) is 0. The molecule has 0 fully saturated rings. The van der Waals surface area contributed by atoms with Gasteiger partial charge in [-0.2, -0.15) is 0 Å². The van der Waals surface area contributed by atoms with Gasteiger partial charge >= 0.3 is 5.69 Å². The van der Waals surface area contributed by atoms with E-state index in [4.69, 9.17) is 4.74 Å². The maximum atomic E-state index is 12.8. The number of amides is 1. The van der Waals surface area contributed by atoms with Gasteiger partial charge in [-0.25, -0.2) is 0 Å². The third-order valence-corrected chi connectivity index (χ3v) is 4.28. The summed E-state index contributed by atoms with van der Waals surface area (Å²) >= 11 is 0. The number of benzene rings is 2. The summed E-state index contributed by atoms with van der Waals surface area (Å²) in [6.45, 7) is -0.322. The van der Waals surface area contributed by atoms with Crippen LogP contribution in [-0.2, 0) is 4.79 Å². The predicted octanol–water partition coefficient (Wildman–Crippen LogP) is 3.62. The molecule has 0 aliphatic carbocycles. The van der Waals surface area contributed by atoms with Crippen LogP contribution in [0.4, 0.5) is 5.69 Å². The summed E-state index contributed by atoms with van der Waals surface area (Å²) in [5.41, 5.74) is 1.44. The van der Waals surface area contributed by atoms with Gasteiger partial charge in [0.25, 0.3) is 5.91 Å². The zero-order valence-corrected chi connectivity index (χ0v) is 15.3. The van der Waals surface area contributed by atoms with E-state index in [-0.39, 0.29) is 24.0 Å². The van der Waals surface area contributed by atoms with Crippen molar-refractivity contribution in [1.29, 1.82) is 0 Å². The molecule has 28 heavy (non-hydrogen) atoms. The first-order valence-electron chi connectivity index (χ1n) is 8.65. The Hall–Kier alpha value is -3.74. The zero-order valence-electron chi connectivity index (χ0n) is 15.3. The Morgan fingerprint density at radius 2 is 1.75 bits per heavy atom. The van der Waals surface area contributed by atoms with E-state index in [1.807, 2.05) is 48.5 Å². The first-order chi connectivity index (χ1) is 13.6. The average molecular weight is 377 g/mol. The lowest BCUT2D eigenvalue weighted by molar-refractivity contribution is -0.385. The Balaban J connectivity index is 1.81. The van der Waals surface area contributed by atoms with Crippen LogP contribution in [0.1, 0.15) is 17.3 Å². The van der Waals surface area contributed by atoms with Gasteiger partial charge in [0.1, 0.15) is 0 Å². The molecule has 1 heterocycles. The number of carbonyl (C=O) groups excluding carboxylic acids is 1. The number of pyridine rings is 1. The molecule has 1 amide bonds. The molecule has 0 saturated carbocycles. The molecule has 0 aliphatic heterocycles. The van der Waals surface area contributed by atoms with Crippen LogP contribution < -0.4 is 4.74 Å². The molecule has 1 unspecified atom stereocenters. The number of rotatable bonds is 7. The lowest BCUT2D eigenvalue weighted by Gasteiger charge is -2.28. The molecule has 0 bridgehead atoms. The van der Waals surface area contributed by atoms with Crippen molar-refractivity contribution in [3.05, 3.63) is 100 Å². The normalized spacial score (nSPS) is 11.5. The Bertz CT molecular complexity index is 909. The van der Waals surface area contributed by atoms with Crippen molar-refractivity contribution in [2.24, 2.45) is 0 Å². The second-order valence-electron chi connectivity index (χ2n) is 6.09. The van der Waals surface area contributed by atoms with Crippen molar-refractivity contribution in [2.75, 3.05) is 13.7 Å². The Kier molecular flexibility index (Phi) is 5.96. The number of hydrogen-bond acceptors (Lipinski definition) is 5. The summed E-state index contributed by atoms with van der Waals surface area (Å²) in [7, 11) is 1.66. The van der Waals surface area contributed by atoms with Crippen LogP contribution in [-0.4, -0.2) is 34.4 Å². The highest BCUT2D eigenvalue weighted by Crippen LogP contribution is 2.28. The van der Waals surface area contributed by atoms with E-state index in [1.54, 1.807) is 25.4 Å². The quantitative estimate of drug-likeness (QED) is 0.464. The number of aromatic nitrogens is 1. The molecule has 0 saturated heterocycles. The molecular formula is C21H19N3O4. The Morgan fingerprint density at radius 1 is 1.07 bits per heavy atom. The van der Waals surface area contributed by atoms with E-state index in [0.29, 0.717) is 0 Å². The van der Waals surface area contributed by atoms with Crippen LogP contribution >= 0.6 is 0 Å². The topological polar surface area (TPSA) is 85.6 Å². The van der Waals surface area contributed by atoms with Crippen molar-refractivity contribution >= 4 is 11.6 Å². The minimum absolute atomic E-state index is 0.0587. The summed E-state index contributed by atoms with van der Waals surface area (Å²) in [6, 6.07) is 20.6. The van der Waals surface area contributed by atoms with Gasteiger partial charge in [-0.05, 0) is 23.8 Å². The maximum Gasteiger partial charge on any atom is 0.310 e. The van der Waals surface area contributed by atoms with Crippen molar-refractivity contribution < 1.29 is 14.5 Å². The SMILES string of the molecule is CN(C(=O)COc1ccccc1[N+](=O)[O-])C(c1ccccc1)c1ccccn1. The maximum absolute atomic E-state index is 12.8. The van der Waals surface area contributed by atoms with E-state index >= 15 is 0 Å². The van der Waals surface area contributed by atoms with Crippen LogP contribution in [0, 0.1) is 10.1 Å². The molecule has 0 radical (unpaired) electrons. The lowest BCUT2D eigenvalue weighted by atomic mass is 10.0. The van der Waals surface area contributed by atoms with Crippen molar-refractivity contribution in [3.8, 4) is 5.75 Å². The second kappa shape index (κ2) is 8.77. The van der Waals surface area contributed by atoms with Crippen LogP contribution in [0.2, 0.25) is 0 Å². The largest absolute Gasteiger partial charge is 0.477 e. The van der Waals surface area contributed by atoms with Gasteiger partial charge in [-0.1, -0.05) is 48.5 Å². The van der Waals surface area contributed by atoms with Gasteiger partial charge < -0.3 is 9.64 Å². The highest BCUT2D eigenvalue weighted by atomic mass is 16.6. The number of ether oxygens (including phenoxy) is 1. The van der Waals surface area contributed by atoms with Crippen LogP contribution in [0.3, 0.4) is 0 Å². The van der Waals surface area contributed by atoms with E-state index in [1.165, 1.54) is 17.0 Å². The van der Waals surface area contributed by atoms with Crippen LogP contribution in [0.15, 0.2) is 79.0 Å². The molecular weight excluding hydrogens is 358 g/mol. The van der Waals surface area contributed by atoms with E-state index in [9.17, 15) is 14.9 Å². The third-order valence-electron chi connectivity index (χ3n) is 4.28. The van der Waals surface area contributed by atoms with Crippen molar-refractivity contribution in [1.82, 2.24) is 9.88 Å². The molecule has 1 atom stereocenters. The molecule has 3 aromatic rings. The van der Waals surface area contributed by atoms with Crippen molar-refractivity contribution in [3.63, 3.8) is 0 Å². The molecule has 7 heteroatoms. The molecule has 1 aromatic heterocycles. The number of nitro groups is 1. The molecule has 0 aliphatic rings. The first-order valence-corrected chi connectivity index (χ1v) is 8.65. The number of para-hydroxylation sites is 2. The Morgan fingerprint density at radius 3 is 2.43 bits per heavy atom. The summed E-state index contributed by atoms with van der Waals surface area (Å²) < 4.78 is 5.45. The lowest BCUT2D eigenvalue weighted by Crippen LogP contribution is -2.35. The molecule has 142 valence electrons. The molecule has 7 nitrogen and oxygen atoms in total. The van der Waals surface area contributed by atoms with Gasteiger partial charge in [-0.3, -0.25) is 19.9 Å². The average Bonchev–Trinajstić information content (AvgIpc) is 2.73. The summed E-state index contributed by atoms with van der Waals surface area (Å²) in [6.07, 6.45) is 1.67. The highest BCUT2D eigenvalue weighted by Gasteiger charge is 2.25. The fourth-order valence-electron chi connectivity index (χ4n) is 2.88. The molecule has 0 spiro atoms. The van der Waals surface area contributed by atoms with Gasteiger partial charge in [0, 0.05) is 19.3 Å². The number of nitrogens with zero attached hydrogens (tertiary/aromatic N) is 3. The summed E-state index contributed by atoms with van der Waals surface area (Å²) in [4.78, 5) is 29.3. The zero-order chi connectivity index (χ0) is 19.9. The molecule has 2 aromatic carbocycles. The minimum Gasteiger partial charge on any atom is -0.477 e. The fourth-order valence-corrected chi connectivity index (χ4v) is 2.88. The number of nitro benzene ring substituents is 1. The minimum atomic E-state index is -0.538. The van der Waals surface area contributed by atoms with Gasteiger partial charge in [0.15, 0.2) is 12.4 Å². The predicted molar refractivity (Wildman–Crippen MR) is 104 cm³/mol. The summed E-state index contributed by atoms with van der Waals surface area (Å²) in [5.74, 6) is -0.263. The standard InChI is InChI=1S/C21H19N3O4/c1-23(20(25)15-28-19-13-6-5-12-18(19)24(26)27)21(16-9-3-2-4-10-16)17-11-7-8-14-22-17/h2-14,21H,15H2,1H3.